The van der Waals surface area contributed by atoms with E-state index < -0.39 is 5.54 Å². The van der Waals surface area contributed by atoms with Crippen LogP contribution in [0, 0.1) is 13.8 Å². The number of nitrogens with one attached hydrogen (secondary N) is 2. The molecule has 0 aromatic heterocycles. The first-order valence-corrected chi connectivity index (χ1v) is 7.21. The van der Waals surface area contributed by atoms with E-state index in [4.69, 9.17) is 12.2 Å². The largest absolute Gasteiger partial charge is 0.341 e. The standard InChI is InChI=1S/C17H16N2OS/c1-11-3-7-13(8-4-11)17(15(20)18-16(21)19-17)14-9-5-12(2)6-10-14/h3-10H,1-2H3,(H2,18,19,20,21). The molecule has 0 bridgehead atoms. The van der Waals surface area contributed by atoms with E-state index >= 15 is 0 Å². The van der Waals surface area contributed by atoms with Crippen molar-refractivity contribution >= 4 is 23.2 Å². The summed E-state index contributed by atoms with van der Waals surface area (Å²) in [5.41, 5.74) is 3.12. The van der Waals surface area contributed by atoms with E-state index in [1.807, 2.05) is 62.4 Å². The van der Waals surface area contributed by atoms with Crippen LogP contribution in [0.25, 0.3) is 0 Å². The third-order valence-electron chi connectivity index (χ3n) is 3.84. The van der Waals surface area contributed by atoms with Crippen LogP contribution in [0.1, 0.15) is 22.3 Å². The number of amides is 1. The monoisotopic (exact) mass is 296 g/mol. The topological polar surface area (TPSA) is 41.1 Å². The van der Waals surface area contributed by atoms with Gasteiger partial charge in [-0.05, 0) is 37.2 Å². The van der Waals surface area contributed by atoms with E-state index in [0.717, 1.165) is 22.3 Å². The van der Waals surface area contributed by atoms with Crippen LogP contribution in [0.15, 0.2) is 48.5 Å². The number of thiocarbonyl (C=S) groups is 1. The van der Waals surface area contributed by atoms with E-state index in [1.165, 1.54) is 0 Å². The lowest BCUT2D eigenvalue weighted by Gasteiger charge is -2.28. The van der Waals surface area contributed by atoms with E-state index in [0.29, 0.717) is 5.11 Å². The normalized spacial score (nSPS) is 16.5. The van der Waals surface area contributed by atoms with Crippen molar-refractivity contribution in [3.8, 4) is 0 Å². The second-order valence-electron chi connectivity index (χ2n) is 5.39. The van der Waals surface area contributed by atoms with Gasteiger partial charge in [0.25, 0.3) is 5.91 Å². The summed E-state index contributed by atoms with van der Waals surface area (Å²) in [5.74, 6) is -0.139. The van der Waals surface area contributed by atoms with Crippen molar-refractivity contribution < 1.29 is 4.79 Å². The molecule has 1 amide bonds. The van der Waals surface area contributed by atoms with Crippen LogP contribution >= 0.6 is 12.2 Å². The molecule has 1 fully saturated rings. The van der Waals surface area contributed by atoms with Gasteiger partial charge in [-0.2, -0.15) is 0 Å². The van der Waals surface area contributed by atoms with Crippen LogP contribution in [0.5, 0.6) is 0 Å². The number of aryl methyl sites for hydroxylation is 2. The summed E-state index contributed by atoms with van der Waals surface area (Å²) in [7, 11) is 0. The highest BCUT2D eigenvalue weighted by atomic mass is 32.1. The number of carbonyl (C=O) groups is 1. The van der Waals surface area contributed by atoms with Crippen molar-refractivity contribution in [2.24, 2.45) is 0 Å². The van der Waals surface area contributed by atoms with E-state index in [-0.39, 0.29) is 5.91 Å². The molecular formula is C17H16N2OS. The summed E-state index contributed by atoms with van der Waals surface area (Å²) in [6, 6.07) is 15.9. The highest BCUT2D eigenvalue weighted by molar-refractivity contribution is 7.80. The van der Waals surface area contributed by atoms with E-state index in [1.54, 1.807) is 0 Å². The summed E-state index contributed by atoms with van der Waals surface area (Å²) in [4.78, 5) is 12.6. The van der Waals surface area contributed by atoms with Crippen LogP contribution in [0.3, 0.4) is 0 Å². The lowest BCUT2D eigenvalue weighted by Crippen LogP contribution is -2.44. The van der Waals surface area contributed by atoms with E-state index in [2.05, 4.69) is 10.6 Å². The van der Waals surface area contributed by atoms with Crippen LogP contribution in [-0.4, -0.2) is 11.0 Å². The van der Waals surface area contributed by atoms with Gasteiger partial charge in [0.05, 0.1) is 0 Å². The highest BCUT2D eigenvalue weighted by Gasteiger charge is 2.47. The molecule has 0 radical (unpaired) electrons. The molecule has 1 aliphatic heterocycles. The average Bonchev–Trinajstić information content (AvgIpc) is 2.76. The second kappa shape index (κ2) is 4.97. The maximum Gasteiger partial charge on any atom is 0.261 e. The molecule has 3 rings (SSSR count). The van der Waals surface area contributed by atoms with E-state index in [9.17, 15) is 4.79 Å². The molecule has 2 aromatic carbocycles. The van der Waals surface area contributed by atoms with Crippen LogP contribution in [0.2, 0.25) is 0 Å². The smallest absolute Gasteiger partial charge is 0.261 e. The third kappa shape index (κ3) is 2.21. The van der Waals surface area contributed by atoms with Gasteiger partial charge in [-0.25, -0.2) is 0 Å². The Balaban J connectivity index is 2.20. The van der Waals surface area contributed by atoms with Crippen LogP contribution < -0.4 is 10.6 Å². The van der Waals surface area contributed by atoms with Gasteiger partial charge >= 0.3 is 0 Å². The van der Waals surface area contributed by atoms with Gasteiger partial charge in [-0.15, -0.1) is 0 Å². The molecule has 1 aliphatic rings. The lowest BCUT2D eigenvalue weighted by atomic mass is 9.82. The predicted molar refractivity (Wildman–Crippen MR) is 87.0 cm³/mol. The summed E-state index contributed by atoms with van der Waals surface area (Å²) in [5, 5.41) is 6.24. The quantitative estimate of drug-likeness (QED) is 0.837. The molecule has 0 unspecified atom stereocenters. The van der Waals surface area contributed by atoms with Gasteiger partial charge in [0.1, 0.15) is 0 Å². The Bertz CT molecular complexity index is 659. The summed E-state index contributed by atoms with van der Waals surface area (Å²) in [6.45, 7) is 4.05. The molecule has 0 spiro atoms. The van der Waals surface area contributed by atoms with Crippen LogP contribution in [0.4, 0.5) is 0 Å². The van der Waals surface area contributed by atoms with Crippen LogP contribution in [-0.2, 0) is 10.3 Å². The Hall–Kier alpha value is -2.20. The minimum absolute atomic E-state index is 0.139. The molecule has 2 N–H and O–H groups in total. The van der Waals surface area contributed by atoms with Gasteiger partial charge < -0.3 is 10.6 Å². The Labute approximate surface area is 129 Å². The molecule has 2 aromatic rings. The maximum absolute atomic E-state index is 12.6. The summed E-state index contributed by atoms with van der Waals surface area (Å²) in [6.07, 6.45) is 0. The van der Waals surface area contributed by atoms with Crippen molar-refractivity contribution in [2.75, 3.05) is 0 Å². The van der Waals surface area contributed by atoms with Gasteiger partial charge in [0.15, 0.2) is 10.7 Å². The Kier molecular flexibility index (Phi) is 3.26. The summed E-state index contributed by atoms with van der Waals surface area (Å²) < 4.78 is 0. The molecule has 1 heterocycles. The molecule has 1 saturated heterocycles. The zero-order valence-electron chi connectivity index (χ0n) is 11.9. The fourth-order valence-electron chi connectivity index (χ4n) is 2.64. The first kappa shape index (κ1) is 13.8. The first-order chi connectivity index (χ1) is 10.0. The van der Waals surface area contributed by atoms with Gasteiger partial charge in [-0.3, -0.25) is 4.79 Å². The van der Waals surface area contributed by atoms with Gasteiger partial charge in [0, 0.05) is 0 Å². The minimum Gasteiger partial charge on any atom is -0.341 e. The second-order valence-corrected chi connectivity index (χ2v) is 5.80. The SMILES string of the molecule is Cc1ccc(C2(c3ccc(C)cc3)NC(=S)NC2=O)cc1. The molecule has 21 heavy (non-hydrogen) atoms. The Morgan fingerprint density at radius 3 is 1.62 bits per heavy atom. The fourth-order valence-corrected chi connectivity index (χ4v) is 2.88. The third-order valence-corrected chi connectivity index (χ3v) is 4.04. The summed E-state index contributed by atoms with van der Waals surface area (Å²) >= 11 is 5.15. The number of benzene rings is 2. The predicted octanol–water partition coefficient (Wildman–Crippen LogP) is 2.55. The van der Waals surface area contributed by atoms with Crippen molar-refractivity contribution in [2.45, 2.75) is 19.4 Å². The van der Waals surface area contributed by atoms with Crippen molar-refractivity contribution in [3.05, 3.63) is 70.8 Å². The first-order valence-electron chi connectivity index (χ1n) is 6.80. The molecule has 3 nitrogen and oxygen atoms in total. The lowest BCUT2D eigenvalue weighted by molar-refractivity contribution is -0.122. The molecule has 0 aliphatic carbocycles. The van der Waals surface area contributed by atoms with Crippen molar-refractivity contribution in [1.29, 1.82) is 0 Å². The molecule has 0 atom stereocenters. The number of carbonyl (C=O) groups excluding carboxylic acids is 1. The zero-order valence-corrected chi connectivity index (χ0v) is 12.8. The maximum atomic E-state index is 12.6. The highest BCUT2D eigenvalue weighted by Crippen LogP contribution is 2.33. The fraction of sp³-hybridized carbons (Fsp3) is 0.176. The molecule has 4 heteroatoms. The zero-order chi connectivity index (χ0) is 15.0. The number of rotatable bonds is 2. The minimum atomic E-state index is -0.946. The number of hydrogen-bond donors (Lipinski definition) is 2. The average molecular weight is 296 g/mol. The Morgan fingerprint density at radius 2 is 1.29 bits per heavy atom. The van der Waals surface area contributed by atoms with Gasteiger partial charge in [0.2, 0.25) is 0 Å². The number of hydrogen-bond acceptors (Lipinski definition) is 2. The van der Waals surface area contributed by atoms with Crippen molar-refractivity contribution in [1.82, 2.24) is 10.6 Å². The van der Waals surface area contributed by atoms with Gasteiger partial charge in [-0.1, -0.05) is 59.7 Å². The molecular weight excluding hydrogens is 280 g/mol. The molecule has 106 valence electrons. The molecule has 0 saturated carbocycles. The van der Waals surface area contributed by atoms with Crippen molar-refractivity contribution in [3.63, 3.8) is 0 Å². The Morgan fingerprint density at radius 1 is 0.857 bits per heavy atom.